The second-order valence-corrected chi connectivity index (χ2v) is 5.42. The maximum atomic E-state index is 11.6. The van der Waals surface area contributed by atoms with Crippen molar-refractivity contribution >= 4 is 6.16 Å². The highest BCUT2D eigenvalue weighted by atomic mass is 16.7. The zero-order chi connectivity index (χ0) is 16.8. The molecule has 0 atom stereocenters. The van der Waals surface area contributed by atoms with Crippen LogP contribution in [0.2, 0.25) is 0 Å². The van der Waals surface area contributed by atoms with Gasteiger partial charge in [-0.3, -0.25) is 0 Å². The molecule has 3 heteroatoms. The van der Waals surface area contributed by atoms with Gasteiger partial charge in [0, 0.05) is 5.56 Å². The zero-order valence-electron chi connectivity index (χ0n) is 13.4. The van der Waals surface area contributed by atoms with Crippen LogP contribution in [0.1, 0.15) is 11.1 Å². The standard InChI is InChI=1S/C21H18O3/c1-23-21(22)24-20-15-17(14-16-8-4-2-5-9-16)12-13-19(20)18-10-6-3-7-11-18/h2-13,15H,14H2,1H3. The summed E-state index contributed by atoms with van der Waals surface area (Å²) in [4.78, 5) is 11.6. The van der Waals surface area contributed by atoms with Crippen LogP contribution in [0.15, 0.2) is 78.9 Å². The van der Waals surface area contributed by atoms with Crippen molar-refractivity contribution in [3.63, 3.8) is 0 Å². The van der Waals surface area contributed by atoms with Gasteiger partial charge in [-0.2, -0.15) is 0 Å². The molecule has 0 amide bonds. The minimum atomic E-state index is -0.718. The first-order chi connectivity index (χ1) is 11.8. The van der Waals surface area contributed by atoms with E-state index in [2.05, 4.69) is 22.9 Å². The molecule has 0 fully saturated rings. The molecular weight excluding hydrogens is 300 g/mol. The normalized spacial score (nSPS) is 10.2. The third-order valence-corrected chi connectivity index (χ3v) is 3.74. The SMILES string of the molecule is COC(=O)Oc1cc(Cc2ccccc2)ccc1-c1ccccc1. The van der Waals surface area contributed by atoms with Crippen LogP contribution in [0.4, 0.5) is 4.79 Å². The summed E-state index contributed by atoms with van der Waals surface area (Å²) < 4.78 is 10.0. The molecule has 0 aliphatic rings. The molecule has 0 spiro atoms. The number of hydrogen-bond donors (Lipinski definition) is 0. The summed E-state index contributed by atoms with van der Waals surface area (Å²) in [6.07, 6.45) is 0.0528. The van der Waals surface area contributed by atoms with Crippen LogP contribution >= 0.6 is 0 Å². The van der Waals surface area contributed by atoms with Gasteiger partial charge in [-0.15, -0.1) is 0 Å². The molecule has 3 rings (SSSR count). The number of rotatable bonds is 4. The second-order valence-electron chi connectivity index (χ2n) is 5.42. The van der Waals surface area contributed by atoms with E-state index in [0.29, 0.717) is 5.75 Å². The van der Waals surface area contributed by atoms with Gasteiger partial charge < -0.3 is 9.47 Å². The van der Waals surface area contributed by atoms with Crippen LogP contribution in [0.3, 0.4) is 0 Å². The largest absolute Gasteiger partial charge is 0.513 e. The smallest absolute Gasteiger partial charge is 0.437 e. The molecule has 0 bridgehead atoms. The summed E-state index contributed by atoms with van der Waals surface area (Å²) in [7, 11) is 1.30. The number of carbonyl (C=O) groups excluding carboxylic acids is 1. The Bertz CT molecular complexity index is 811. The number of methoxy groups -OCH3 is 1. The fourth-order valence-corrected chi connectivity index (χ4v) is 2.58. The predicted molar refractivity (Wildman–Crippen MR) is 94.2 cm³/mol. The van der Waals surface area contributed by atoms with Gasteiger partial charge in [0.1, 0.15) is 5.75 Å². The monoisotopic (exact) mass is 318 g/mol. The number of benzene rings is 3. The number of hydrogen-bond acceptors (Lipinski definition) is 3. The van der Waals surface area contributed by atoms with Crippen molar-refractivity contribution in [2.75, 3.05) is 7.11 Å². The molecule has 0 saturated carbocycles. The molecule has 0 N–H and O–H groups in total. The predicted octanol–water partition coefficient (Wildman–Crippen LogP) is 5.09. The first kappa shape index (κ1) is 15.8. The molecule has 0 radical (unpaired) electrons. The Morgan fingerprint density at radius 3 is 2.17 bits per heavy atom. The van der Waals surface area contributed by atoms with Crippen molar-refractivity contribution in [1.29, 1.82) is 0 Å². The summed E-state index contributed by atoms with van der Waals surface area (Å²) in [5.74, 6) is 0.501. The van der Waals surface area contributed by atoms with E-state index < -0.39 is 6.16 Å². The topological polar surface area (TPSA) is 35.5 Å². The van der Waals surface area contributed by atoms with E-state index in [1.165, 1.54) is 12.7 Å². The van der Waals surface area contributed by atoms with E-state index >= 15 is 0 Å². The molecule has 0 saturated heterocycles. The van der Waals surface area contributed by atoms with E-state index in [1.54, 1.807) is 0 Å². The van der Waals surface area contributed by atoms with Crippen LogP contribution < -0.4 is 4.74 Å². The highest BCUT2D eigenvalue weighted by Crippen LogP contribution is 2.32. The van der Waals surface area contributed by atoms with Crippen LogP contribution in [-0.2, 0) is 11.2 Å². The van der Waals surface area contributed by atoms with Gasteiger partial charge >= 0.3 is 6.16 Å². The third kappa shape index (κ3) is 3.82. The Kier molecular flexibility index (Phi) is 4.92. The molecule has 3 aromatic rings. The van der Waals surface area contributed by atoms with Gasteiger partial charge in [0.05, 0.1) is 7.11 Å². The Balaban J connectivity index is 1.96. The first-order valence-corrected chi connectivity index (χ1v) is 7.74. The Hall–Kier alpha value is -3.07. The summed E-state index contributed by atoms with van der Waals surface area (Å²) in [6, 6.07) is 25.9. The minimum absolute atomic E-state index is 0.501. The molecule has 3 aromatic carbocycles. The summed E-state index contributed by atoms with van der Waals surface area (Å²) >= 11 is 0. The average molecular weight is 318 g/mol. The van der Waals surface area contributed by atoms with Gasteiger partial charge in [0.25, 0.3) is 0 Å². The molecule has 0 aromatic heterocycles. The van der Waals surface area contributed by atoms with Gasteiger partial charge in [-0.1, -0.05) is 72.8 Å². The van der Waals surface area contributed by atoms with Crippen molar-refractivity contribution in [2.45, 2.75) is 6.42 Å². The molecular formula is C21H18O3. The number of carbonyl (C=O) groups is 1. The van der Waals surface area contributed by atoms with Crippen LogP contribution in [0, 0.1) is 0 Å². The fourth-order valence-electron chi connectivity index (χ4n) is 2.58. The highest BCUT2D eigenvalue weighted by molar-refractivity contribution is 5.75. The Morgan fingerprint density at radius 1 is 0.833 bits per heavy atom. The molecule has 0 aliphatic carbocycles. The molecule has 0 unspecified atom stereocenters. The Labute approximate surface area is 141 Å². The van der Waals surface area contributed by atoms with Crippen LogP contribution in [-0.4, -0.2) is 13.3 Å². The second kappa shape index (κ2) is 7.47. The van der Waals surface area contributed by atoms with Crippen molar-refractivity contribution in [3.8, 4) is 16.9 Å². The van der Waals surface area contributed by atoms with Crippen molar-refractivity contribution in [3.05, 3.63) is 90.0 Å². The summed E-state index contributed by atoms with van der Waals surface area (Å²) in [5, 5.41) is 0. The maximum Gasteiger partial charge on any atom is 0.513 e. The average Bonchev–Trinajstić information content (AvgIpc) is 2.63. The highest BCUT2D eigenvalue weighted by Gasteiger charge is 2.12. The lowest BCUT2D eigenvalue weighted by Crippen LogP contribution is -2.08. The van der Waals surface area contributed by atoms with Crippen LogP contribution in [0.5, 0.6) is 5.75 Å². The lowest BCUT2D eigenvalue weighted by atomic mass is 9.99. The van der Waals surface area contributed by atoms with Gasteiger partial charge in [0.2, 0.25) is 0 Å². The molecule has 24 heavy (non-hydrogen) atoms. The van der Waals surface area contributed by atoms with Gasteiger partial charge in [0.15, 0.2) is 0 Å². The van der Waals surface area contributed by atoms with E-state index in [9.17, 15) is 4.79 Å². The lowest BCUT2D eigenvalue weighted by Gasteiger charge is -2.12. The first-order valence-electron chi connectivity index (χ1n) is 7.74. The van der Waals surface area contributed by atoms with E-state index in [4.69, 9.17) is 4.74 Å². The third-order valence-electron chi connectivity index (χ3n) is 3.74. The van der Waals surface area contributed by atoms with Crippen molar-refractivity contribution in [2.24, 2.45) is 0 Å². The minimum Gasteiger partial charge on any atom is -0.437 e. The van der Waals surface area contributed by atoms with Gasteiger partial charge in [-0.05, 0) is 29.2 Å². The number of ether oxygens (including phenoxy) is 2. The van der Waals surface area contributed by atoms with Crippen LogP contribution in [0.25, 0.3) is 11.1 Å². The van der Waals surface area contributed by atoms with E-state index in [-0.39, 0.29) is 0 Å². The van der Waals surface area contributed by atoms with E-state index in [1.807, 2.05) is 60.7 Å². The molecule has 120 valence electrons. The van der Waals surface area contributed by atoms with Crippen molar-refractivity contribution in [1.82, 2.24) is 0 Å². The fraction of sp³-hybridized carbons (Fsp3) is 0.0952. The van der Waals surface area contributed by atoms with Gasteiger partial charge in [-0.25, -0.2) is 4.79 Å². The Morgan fingerprint density at radius 2 is 1.50 bits per heavy atom. The summed E-state index contributed by atoms with van der Waals surface area (Å²) in [5.41, 5.74) is 4.12. The molecule has 0 aliphatic heterocycles. The zero-order valence-corrected chi connectivity index (χ0v) is 13.4. The maximum absolute atomic E-state index is 11.6. The quantitative estimate of drug-likeness (QED) is 0.496. The molecule has 3 nitrogen and oxygen atoms in total. The summed E-state index contributed by atoms with van der Waals surface area (Å²) in [6.45, 7) is 0. The van der Waals surface area contributed by atoms with E-state index in [0.717, 1.165) is 23.1 Å². The lowest BCUT2D eigenvalue weighted by molar-refractivity contribution is 0.121. The molecule has 0 heterocycles. The van der Waals surface area contributed by atoms with Crippen molar-refractivity contribution < 1.29 is 14.3 Å².